The number of hydrogen-bond acceptors (Lipinski definition) is 6. The van der Waals surface area contributed by atoms with Crippen LogP contribution in [0.2, 0.25) is 0 Å². The molecule has 2 saturated heterocycles. The van der Waals surface area contributed by atoms with E-state index in [1.54, 1.807) is 7.11 Å². The molecular weight excluding hydrogens is 320 g/mol. The minimum absolute atomic E-state index is 0.135. The molecule has 3 aliphatic heterocycles. The summed E-state index contributed by atoms with van der Waals surface area (Å²) >= 11 is 0. The third-order valence-corrected chi connectivity index (χ3v) is 5.67. The summed E-state index contributed by atoms with van der Waals surface area (Å²) in [5, 5.41) is 9.90. The van der Waals surface area contributed by atoms with Gasteiger partial charge in [0, 0.05) is 30.8 Å². The number of likely N-dealkylation sites (tertiary alicyclic amines) is 2. The highest BCUT2D eigenvalue weighted by Gasteiger charge is 2.28. The Morgan fingerprint density at radius 2 is 1.88 bits per heavy atom. The first-order valence-corrected chi connectivity index (χ1v) is 9.34. The predicted octanol–water partition coefficient (Wildman–Crippen LogP) is 1.84. The zero-order valence-corrected chi connectivity index (χ0v) is 14.9. The highest BCUT2D eigenvalue weighted by atomic mass is 16.7. The molecule has 0 saturated carbocycles. The molecule has 0 aliphatic carbocycles. The number of aliphatic hydroxyl groups is 1. The highest BCUT2D eigenvalue weighted by molar-refractivity contribution is 5.51. The Bertz CT molecular complexity index is 601. The van der Waals surface area contributed by atoms with Gasteiger partial charge in [-0.3, -0.25) is 9.80 Å². The van der Waals surface area contributed by atoms with Crippen LogP contribution < -0.4 is 14.2 Å². The molecule has 1 atom stereocenters. The molecule has 1 aromatic rings. The van der Waals surface area contributed by atoms with Crippen LogP contribution in [0, 0.1) is 0 Å². The number of methoxy groups -OCH3 is 1. The molecule has 25 heavy (non-hydrogen) atoms. The number of benzene rings is 1. The number of hydrogen-bond donors (Lipinski definition) is 1. The first kappa shape index (κ1) is 16.9. The molecule has 0 amide bonds. The molecule has 0 unspecified atom stereocenters. The van der Waals surface area contributed by atoms with E-state index < -0.39 is 0 Å². The molecule has 0 spiro atoms. The number of rotatable bonds is 4. The van der Waals surface area contributed by atoms with E-state index in [4.69, 9.17) is 14.2 Å². The molecule has 6 heteroatoms. The minimum Gasteiger partial charge on any atom is -0.496 e. The van der Waals surface area contributed by atoms with Gasteiger partial charge in [0.05, 0.1) is 13.2 Å². The van der Waals surface area contributed by atoms with Gasteiger partial charge in [0.15, 0.2) is 11.5 Å². The lowest BCUT2D eigenvalue weighted by molar-refractivity contribution is 0.0242. The molecule has 6 nitrogen and oxygen atoms in total. The number of piperidine rings is 2. The Hall–Kier alpha value is -1.50. The fourth-order valence-corrected chi connectivity index (χ4v) is 4.28. The van der Waals surface area contributed by atoms with Gasteiger partial charge in [0.1, 0.15) is 5.75 Å². The Kier molecular flexibility index (Phi) is 5.01. The van der Waals surface area contributed by atoms with E-state index in [2.05, 4.69) is 9.80 Å². The van der Waals surface area contributed by atoms with E-state index in [9.17, 15) is 5.11 Å². The van der Waals surface area contributed by atoms with Gasteiger partial charge in [0.25, 0.3) is 0 Å². The Morgan fingerprint density at radius 1 is 1.12 bits per heavy atom. The summed E-state index contributed by atoms with van der Waals surface area (Å²) in [6, 6.07) is 4.60. The third-order valence-electron chi connectivity index (χ3n) is 5.67. The summed E-state index contributed by atoms with van der Waals surface area (Å²) in [5.74, 6) is 2.45. The van der Waals surface area contributed by atoms with E-state index in [0.717, 1.165) is 68.4 Å². The van der Waals surface area contributed by atoms with E-state index >= 15 is 0 Å². The molecule has 4 rings (SSSR count). The Morgan fingerprint density at radius 3 is 2.60 bits per heavy atom. The maximum atomic E-state index is 9.90. The SMILES string of the molecule is COc1cc2c(cc1CN1CCC(N3CCC[C@@H](O)C3)CC1)OCO2. The van der Waals surface area contributed by atoms with E-state index in [1.165, 1.54) is 12.8 Å². The van der Waals surface area contributed by atoms with Crippen LogP contribution in [-0.4, -0.2) is 67.1 Å². The summed E-state index contributed by atoms with van der Waals surface area (Å²) < 4.78 is 16.5. The van der Waals surface area contributed by atoms with Crippen molar-refractivity contribution in [3.63, 3.8) is 0 Å². The van der Waals surface area contributed by atoms with Crippen molar-refractivity contribution in [1.82, 2.24) is 9.80 Å². The van der Waals surface area contributed by atoms with Crippen molar-refractivity contribution in [1.29, 1.82) is 0 Å². The number of β-amino-alcohol motifs (C(OH)–C–C–N with tert-alkyl or cyclic N) is 1. The lowest BCUT2D eigenvalue weighted by atomic mass is 9.98. The van der Waals surface area contributed by atoms with Crippen LogP contribution in [-0.2, 0) is 6.54 Å². The Labute approximate surface area is 149 Å². The van der Waals surface area contributed by atoms with Crippen molar-refractivity contribution >= 4 is 0 Å². The smallest absolute Gasteiger partial charge is 0.231 e. The summed E-state index contributed by atoms with van der Waals surface area (Å²) in [6.07, 6.45) is 4.28. The molecule has 1 aromatic carbocycles. The predicted molar refractivity (Wildman–Crippen MR) is 94.2 cm³/mol. The van der Waals surface area contributed by atoms with Crippen LogP contribution in [0.25, 0.3) is 0 Å². The molecule has 0 bridgehead atoms. The molecule has 0 aromatic heterocycles. The van der Waals surface area contributed by atoms with Crippen LogP contribution >= 0.6 is 0 Å². The van der Waals surface area contributed by atoms with E-state index in [-0.39, 0.29) is 12.9 Å². The van der Waals surface area contributed by atoms with Crippen molar-refractivity contribution in [2.24, 2.45) is 0 Å². The fourth-order valence-electron chi connectivity index (χ4n) is 4.28. The molecule has 138 valence electrons. The first-order chi connectivity index (χ1) is 12.2. The Balaban J connectivity index is 1.36. The third kappa shape index (κ3) is 3.71. The zero-order valence-electron chi connectivity index (χ0n) is 14.9. The molecule has 1 N–H and O–H groups in total. The van der Waals surface area contributed by atoms with Gasteiger partial charge >= 0.3 is 0 Å². The lowest BCUT2D eigenvalue weighted by Crippen LogP contribution is -2.49. The summed E-state index contributed by atoms with van der Waals surface area (Å²) in [4.78, 5) is 4.98. The second-order valence-corrected chi connectivity index (χ2v) is 7.32. The number of nitrogens with zero attached hydrogens (tertiary/aromatic N) is 2. The van der Waals surface area contributed by atoms with Gasteiger partial charge in [0.2, 0.25) is 6.79 Å². The normalized spacial score (nSPS) is 25.3. The van der Waals surface area contributed by atoms with Gasteiger partial charge in [-0.25, -0.2) is 0 Å². The second-order valence-electron chi connectivity index (χ2n) is 7.32. The van der Waals surface area contributed by atoms with Crippen LogP contribution in [0.4, 0.5) is 0 Å². The topological polar surface area (TPSA) is 54.4 Å². The molecule has 3 heterocycles. The van der Waals surface area contributed by atoms with E-state index in [0.29, 0.717) is 6.04 Å². The van der Waals surface area contributed by atoms with Crippen molar-refractivity contribution in [2.45, 2.75) is 44.4 Å². The highest BCUT2D eigenvalue weighted by Crippen LogP contribution is 2.38. The van der Waals surface area contributed by atoms with Crippen molar-refractivity contribution in [3.8, 4) is 17.2 Å². The van der Waals surface area contributed by atoms with Crippen LogP contribution in [0.5, 0.6) is 17.2 Å². The zero-order chi connectivity index (χ0) is 17.2. The van der Waals surface area contributed by atoms with Crippen molar-refractivity contribution in [3.05, 3.63) is 17.7 Å². The van der Waals surface area contributed by atoms with E-state index in [1.807, 2.05) is 12.1 Å². The second kappa shape index (κ2) is 7.40. The summed E-state index contributed by atoms with van der Waals surface area (Å²) in [7, 11) is 1.70. The molecular formula is C19H28N2O4. The quantitative estimate of drug-likeness (QED) is 0.896. The number of ether oxygens (including phenoxy) is 3. The average molecular weight is 348 g/mol. The van der Waals surface area contributed by atoms with Crippen LogP contribution in [0.3, 0.4) is 0 Å². The minimum atomic E-state index is -0.135. The monoisotopic (exact) mass is 348 g/mol. The standard InChI is InChI=1S/C19H28N2O4/c1-23-17-10-19-18(24-13-25-19)9-14(17)11-20-7-4-15(5-8-20)21-6-2-3-16(22)12-21/h9-10,15-16,22H,2-8,11-13H2,1H3/t16-/m1/s1. The van der Waals surface area contributed by atoms with Crippen molar-refractivity contribution in [2.75, 3.05) is 40.1 Å². The average Bonchev–Trinajstić information content (AvgIpc) is 3.09. The van der Waals surface area contributed by atoms with Gasteiger partial charge in [-0.05, 0) is 51.4 Å². The van der Waals surface area contributed by atoms with Crippen LogP contribution in [0.1, 0.15) is 31.2 Å². The fraction of sp³-hybridized carbons (Fsp3) is 0.684. The molecule has 0 radical (unpaired) electrons. The van der Waals surface area contributed by atoms with Gasteiger partial charge in [-0.2, -0.15) is 0 Å². The largest absolute Gasteiger partial charge is 0.496 e. The van der Waals surface area contributed by atoms with Crippen LogP contribution in [0.15, 0.2) is 12.1 Å². The molecule has 2 fully saturated rings. The van der Waals surface area contributed by atoms with Gasteiger partial charge in [-0.15, -0.1) is 0 Å². The van der Waals surface area contributed by atoms with Gasteiger partial charge < -0.3 is 19.3 Å². The first-order valence-electron chi connectivity index (χ1n) is 9.34. The number of fused-ring (bicyclic) bond motifs is 1. The number of aliphatic hydroxyl groups excluding tert-OH is 1. The summed E-state index contributed by atoms with van der Waals surface area (Å²) in [6.45, 7) is 5.30. The lowest BCUT2D eigenvalue weighted by Gasteiger charge is -2.41. The maximum absolute atomic E-state index is 9.90. The maximum Gasteiger partial charge on any atom is 0.231 e. The van der Waals surface area contributed by atoms with Gasteiger partial charge in [-0.1, -0.05) is 0 Å². The van der Waals surface area contributed by atoms with Crippen molar-refractivity contribution < 1.29 is 19.3 Å². The molecule has 3 aliphatic rings. The summed E-state index contributed by atoms with van der Waals surface area (Å²) in [5.41, 5.74) is 1.15.